The quantitative estimate of drug-likeness (QED) is 0.0247. The zero-order chi connectivity index (χ0) is 83.3. The van der Waals surface area contributed by atoms with Crippen LogP contribution < -0.4 is 42.5 Å². The van der Waals surface area contributed by atoms with E-state index in [0.29, 0.717) is 58.6 Å². The van der Waals surface area contributed by atoms with Crippen LogP contribution in [0.5, 0.6) is 0 Å². The predicted molar refractivity (Wildman–Crippen MR) is 421 cm³/mol. The second kappa shape index (κ2) is 50.1. The molecule has 8 aliphatic rings. The van der Waals surface area contributed by atoms with E-state index in [-0.39, 0.29) is 183 Å². The average Bonchev–Trinajstić information content (AvgIpc) is 1.70. The highest BCUT2D eigenvalue weighted by Crippen LogP contribution is 2.36. The van der Waals surface area contributed by atoms with Crippen LogP contribution in [-0.4, -0.2) is 367 Å². The molecule has 10 unspecified atom stereocenters. The number of carbonyl (C=O) groups is 15. The summed E-state index contributed by atoms with van der Waals surface area (Å²) in [6, 6.07) is 7.15. The molecule has 634 valence electrons. The fourth-order valence-corrected chi connectivity index (χ4v) is 18.6. The SMILES string of the molecule is CCN(CC)CC.CN(CC(=O)Nc1ccc(CC2CN(CC(=O)O)CCN(CC(=O)O)CCN(CC(=O)O)CCN2CC(=O)O)cc1)C(=O)CCCCC1SCC2NC(=O)NC21.CN(CC(=O)O)C(=O)CCCCC1SCC2NC(=O)NC21.CNCC(=O)O.O=C1NC2CSC(CCCCC(=O)ON3C(=O)CCC3=O)C2N1. The van der Waals surface area contributed by atoms with Crippen molar-refractivity contribution in [1.82, 2.24) is 76.6 Å². The molecule has 0 aliphatic carbocycles. The Morgan fingerprint density at radius 3 is 1.27 bits per heavy atom. The molecule has 10 atom stereocenters. The fourth-order valence-electron chi connectivity index (χ4n) is 13.9. The monoisotopic (exact) mass is 1650 g/mol. The summed E-state index contributed by atoms with van der Waals surface area (Å²) in [6.07, 6.45) is 8.72. The van der Waals surface area contributed by atoms with E-state index in [9.17, 15) is 92.3 Å². The lowest BCUT2D eigenvalue weighted by atomic mass is 10.0. The number of nitrogens with one attached hydrogen (secondary N) is 8. The van der Waals surface area contributed by atoms with Gasteiger partial charge in [-0.3, -0.25) is 72.3 Å². The number of fused-ring (bicyclic) bond motifs is 3. The number of urea groups is 3. The third-order valence-corrected chi connectivity index (χ3v) is 24.5. The lowest BCUT2D eigenvalue weighted by Gasteiger charge is -2.37. The molecule has 113 heavy (non-hydrogen) atoms. The molecule has 1 aromatic carbocycles. The van der Waals surface area contributed by atoms with Gasteiger partial charge in [0.05, 0.1) is 75.5 Å². The van der Waals surface area contributed by atoms with Crippen molar-refractivity contribution in [2.45, 2.75) is 175 Å². The van der Waals surface area contributed by atoms with Crippen molar-refractivity contribution >= 4 is 130 Å². The topological polar surface area (TPSA) is 509 Å². The summed E-state index contributed by atoms with van der Waals surface area (Å²) in [5, 5.41) is 79.4. The van der Waals surface area contributed by atoms with Crippen LogP contribution >= 0.6 is 35.3 Å². The maximum atomic E-state index is 12.9. The first kappa shape index (κ1) is 95.3. The summed E-state index contributed by atoms with van der Waals surface area (Å²) in [4.78, 5) is 189. The van der Waals surface area contributed by atoms with Crippen LogP contribution in [0.15, 0.2) is 24.3 Å². The molecule has 38 nitrogen and oxygen atoms in total. The van der Waals surface area contributed by atoms with Gasteiger partial charge in [-0.05, 0) is 89.3 Å². The second-order valence-electron chi connectivity index (χ2n) is 28.5. The maximum absolute atomic E-state index is 12.9. The molecule has 8 fully saturated rings. The molecule has 1 aromatic rings. The lowest BCUT2D eigenvalue weighted by molar-refractivity contribution is -0.197. The molecule has 41 heteroatoms. The Labute approximate surface area is 671 Å². The average molecular weight is 1650 g/mol. The number of amides is 11. The minimum atomic E-state index is -1.11. The van der Waals surface area contributed by atoms with Crippen molar-refractivity contribution in [2.24, 2.45) is 0 Å². The molecule has 0 spiro atoms. The number of imide groups is 1. The van der Waals surface area contributed by atoms with Gasteiger partial charge in [0.2, 0.25) is 17.7 Å². The highest BCUT2D eigenvalue weighted by atomic mass is 32.2. The number of unbranched alkanes of at least 4 members (excludes halogenated alkanes) is 3. The van der Waals surface area contributed by atoms with Crippen LogP contribution in [0.3, 0.4) is 0 Å². The Bertz CT molecular complexity index is 3330. The van der Waals surface area contributed by atoms with Crippen LogP contribution in [-0.2, 0) is 68.8 Å². The van der Waals surface area contributed by atoms with Gasteiger partial charge < -0.3 is 92.7 Å². The number of nitrogens with zero attached hydrogens (tertiary/aromatic N) is 8. The summed E-state index contributed by atoms with van der Waals surface area (Å²) in [5.41, 5.74) is 1.25. The molecule has 0 radical (unpaired) electrons. The Hall–Kier alpha value is -8.32. The molecule has 0 aromatic heterocycles. The van der Waals surface area contributed by atoms with E-state index in [2.05, 4.69) is 68.2 Å². The van der Waals surface area contributed by atoms with Gasteiger partial charge in [-0.25, -0.2) is 19.2 Å². The molecule has 8 saturated heterocycles. The number of benzene rings is 1. The van der Waals surface area contributed by atoms with E-state index < -0.39 is 59.6 Å². The molecule has 0 bridgehead atoms. The summed E-state index contributed by atoms with van der Waals surface area (Å²) >= 11 is 5.52. The van der Waals surface area contributed by atoms with Gasteiger partial charge in [-0.15, -0.1) is 5.06 Å². The standard InChI is InChI=1S/C36H54N8O11S.C14H19N3O5S.C13H21N3O4S.C6H15N.C3H7NO2/c1-40(30(46)5-3-2-4-28-35-27(23-56-28)38-36(55)39-35)18-29(45)37-25-8-6-24(7-9-25)16-26-17-43(21-33(51)52)13-12-41(19-31(47)48)10-11-42(20-32(49)50)14-15-44(26)22-34(53)54;18-10-5-6-11(19)17(10)22-12(20)4-2-1-3-9-13-8(7-23-9)15-14(21)16-13;1-16(6-11(18)19)10(17)5-3-2-4-9-12-8(7-21-9)14-13(20)15-12;1-4-7(5-2)6-3;1-4-2-3(5)6/h6-9,26-28,35H,2-5,10-23H2,1H3,(H,37,45)(H,47,48)(H,49,50)(H,51,52)(H,53,54)(H2,38,39,55);8-9,13H,1-7H2,(H2,15,16,21);8-9,12H,2-7H2,1H3,(H,18,19)(H2,14,15,20);4-6H2,1-3H3;4H,2H2,1H3,(H,5,6). The van der Waals surface area contributed by atoms with E-state index >= 15 is 0 Å². The van der Waals surface area contributed by atoms with E-state index in [1.54, 1.807) is 58.0 Å². The number of carboxylic acid groups (broad SMARTS) is 6. The summed E-state index contributed by atoms with van der Waals surface area (Å²) in [7, 11) is 4.67. The Balaban J connectivity index is 0.000000323. The van der Waals surface area contributed by atoms with Crippen molar-refractivity contribution in [1.29, 1.82) is 0 Å². The van der Waals surface area contributed by atoms with Crippen LogP contribution in [0.1, 0.15) is 116 Å². The van der Waals surface area contributed by atoms with Gasteiger partial charge >= 0.3 is 59.9 Å². The van der Waals surface area contributed by atoms with Gasteiger partial charge in [-0.2, -0.15) is 35.3 Å². The first-order valence-corrected chi connectivity index (χ1v) is 41.5. The van der Waals surface area contributed by atoms with Gasteiger partial charge in [0.25, 0.3) is 11.8 Å². The molecule has 8 aliphatic heterocycles. The highest BCUT2D eigenvalue weighted by Gasteiger charge is 2.45. The van der Waals surface area contributed by atoms with Gasteiger partial charge in [0.1, 0.15) is 6.54 Å². The third kappa shape index (κ3) is 35.1. The summed E-state index contributed by atoms with van der Waals surface area (Å²) < 4.78 is 0. The van der Waals surface area contributed by atoms with Crippen molar-refractivity contribution in [2.75, 3.05) is 155 Å². The minimum Gasteiger partial charge on any atom is -0.480 e. The molecule has 9 rings (SSSR count). The summed E-state index contributed by atoms with van der Waals surface area (Å²) in [6.45, 7) is 9.68. The first-order chi connectivity index (χ1) is 53.8. The molecule has 8 heterocycles. The van der Waals surface area contributed by atoms with Crippen LogP contribution in [0.25, 0.3) is 0 Å². The van der Waals surface area contributed by atoms with Crippen LogP contribution in [0.4, 0.5) is 20.1 Å². The number of carbonyl (C=O) groups excluding carboxylic acids is 9. The van der Waals surface area contributed by atoms with Crippen molar-refractivity contribution < 1.29 is 107 Å². The highest BCUT2D eigenvalue weighted by molar-refractivity contribution is 8.00. The fraction of sp³-hybridized carbons (Fsp3) is 0.708. The smallest absolute Gasteiger partial charge is 0.333 e. The zero-order valence-electron chi connectivity index (χ0n) is 65.3. The maximum Gasteiger partial charge on any atom is 0.333 e. The number of aliphatic carboxylic acids is 6. The Kier molecular flexibility index (Phi) is 42.3. The molecular formula is C72H116N16O22S3. The van der Waals surface area contributed by atoms with E-state index in [4.69, 9.17) is 15.1 Å². The second-order valence-corrected chi connectivity index (χ2v) is 32.3. The predicted octanol–water partition coefficient (Wildman–Crippen LogP) is 0.493. The summed E-state index contributed by atoms with van der Waals surface area (Å²) in [5.74, 6) is -5.58. The minimum absolute atomic E-state index is 0.0417. The lowest BCUT2D eigenvalue weighted by Crippen LogP contribution is -2.53. The van der Waals surface area contributed by atoms with Crippen molar-refractivity contribution in [3.8, 4) is 0 Å². The van der Waals surface area contributed by atoms with E-state index in [1.165, 1.54) is 36.5 Å². The van der Waals surface area contributed by atoms with Crippen molar-refractivity contribution in [3.05, 3.63) is 29.8 Å². The number of thioether (sulfide) groups is 3. The first-order valence-electron chi connectivity index (χ1n) is 38.4. The zero-order valence-corrected chi connectivity index (χ0v) is 67.8. The van der Waals surface area contributed by atoms with Crippen molar-refractivity contribution in [3.63, 3.8) is 0 Å². The largest absolute Gasteiger partial charge is 0.480 e. The Morgan fingerprint density at radius 1 is 0.496 bits per heavy atom. The van der Waals surface area contributed by atoms with E-state index in [0.717, 1.165) is 67.8 Å². The number of hydrogen-bond donors (Lipinski definition) is 14. The van der Waals surface area contributed by atoms with Gasteiger partial charge in [-0.1, -0.05) is 52.2 Å². The molecule has 0 saturated carbocycles. The van der Waals surface area contributed by atoms with Gasteiger partial charge in [0.15, 0.2) is 0 Å². The molecular weight excluding hydrogens is 1540 g/mol. The number of rotatable bonds is 36. The number of carboxylic acids is 6. The molecule has 11 amide bonds. The van der Waals surface area contributed by atoms with Crippen LogP contribution in [0.2, 0.25) is 0 Å². The molecule has 14 N–H and O–H groups in total. The number of anilines is 1. The van der Waals surface area contributed by atoms with Crippen LogP contribution in [0, 0.1) is 0 Å². The van der Waals surface area contributed by atoms with Gasteiger partial charge in [0, 0.05) is 137 Å². The number of hydrogen-bond acceptors (Lipinski definition) is 25. The Morgan fingerprint density at radius 2 is 0.894 bits per heavy atom. The number of hydroxylamine groups is 2. The normalized spacial score (nSPS) is 23.4. The number of likely N-dealkylation sites (N-methyl/N-ethyl adjacent to an activating group) is 3. The third-order valence-electron chi connectivity index (χ3n) is 19.9. The van der Waals surface area contributed by atoms with E-state index in [1.807, 2.05) is 35.3 Å².